The van der Waals surface area contributed by atoms with Gasteiger partial charge in [0.2, 0.25) is 5.91 Å². The summed E-state index contributed by atoms with van der Waals surface area (Å²) >= 11 is 6.10. The van der Waals surface area contributed by atoms with Crippen molar-refractivity contribution in [2.45, 2.75) is 25.8 Å². The Morgan fingerprint density at radius 1 is 1.07 bits per heavy atom. The first-order valence-electron chi connectivity index (χ1n) is 9.74. The van der Waals surface area contributed by atoms with Gasteiger partial charge in [-0.15, -0.1) is 0 Å². The van der Waals surface area contributed by atoms with Gasteiger partial charge in [0.1, 0.15) is 0 Å². The van der Waals surface area contributed by atoms with Crippen LogP contribution in [0.25, 0.3) is 0 Å². The molecule has 142 valence electrons. The minimum Gasteiger partial charge on any atom is -0.368 e. The van der Waals surface area contributed by atoms with E-state index in [1.165, 1.54) is 11.3 Å². The molecule has 1 saturated heterocycles. The largest absolute Gasteiger partial charge is 0.368 e. The van der Waals surface area contributed by atoms with Crippen molar-refractivity contribution in [1.29, 1.82) is 0 Å². The van der Waals surface area contributed by atoms with E-state index in [2.05, 4.69) is 47.1 Å². The molecular weight excluding hydrogens is 358 g/mol. The summed E-state index contributed by atoms with van der Waals surface area (Å²) < 4.78 is 0. The number of carbonyl (C=O) groups is 1. The summed E-state index contributed by atoms with van der Waals surface area (Å²) in [4.78, 5) is 19.4. The molecule has 2 aliphatic heterocycles. The van der Waals surface area contributed by atoms with E-state index < -0.39 is 0 Å². The Hall–Kier alpha value is -2.20. The highest BCUT2D eigenvalue weighted by molar-refractivity contribution is 6.30. The zero-order valence-corrected chi connectivity index (χ0v) is 16.5. The maximum absolute atomic E-state index is 12.7. The number of amides is 1. The average Bonchev–Trinajstić information content (AvgIpc) is 3.01. The third kappa shape index (κ3) is 3.91. The molecule has 0 radical (unpaired) electrons. The van der Waals surface area contributed by atoms with Gasteiger partial charge in [-0.3, -0.25) is 4.79 Å². The number of benzene rings is 2. The molecule has 0 aromatic heterocycles. The molecule has 0 saturated carbocycles. The quantitative estimate of drug-likeness (QED) is 0.802. The standard InChI is InChI=1S/C22H26ClN3O/c1-17-15-18-5-2-3-8-21(18)26(17)10-9-22(27)25-13-11-24(12-14-25)20-7-4-6-19(23)16-20/h2-8,16-17H,9-15H2,1H3. The first kappa shape index (κ1) is 18.2. The first-order chi connectivity index (χ1) is 13.1. The molecule has 2 aromatic carbocycles. The summed E-state index contributed by atoms with van der Waals surface area (Å²) in [5, 5.41) is 0.756. The van der Waals surface area contributed by atoms with Crippen LogP contribution in [-0.4, -0.2) is 49.6 Å². The van der Waals surface area contributed by atoms with E-state index in [-0.39, 0.29) is 5.91 Å². The van der Waals surface area contributed by atoms with E-state index in [9.17, 15) is 4.79 Å². The van der Waals surface area contributed by atoms with Gasteiger partial charge in [-0.2, -0.15) is 0 Å². The van der Waals surface area contributed by atoms with E-state index in [1.54, 1.807) is 0 Å². The molecule has 2 aliphatic rings. The summed E-state index contributed by atoms with van der Waals surface area (Å²) in [6.07, 6.45) is 1.65. The summed E-state index contributed by atoms with van der Waals surface area (Å²) in [6.45, 7) is 6.30. The number of rotatable bonds is 4. The Bertz CT molecular complexity index is 817. The van der Waals surface area contributed by atoms with Crippen LogP contribution in [0.4, 0.5) is 11.4 Å². The third-order valence-electron chi connectivity index (χ3n) is 5.72. The smallest absolute Gasteiger partial charge is 0.224 e. The molecule has 1 amide bonds. The SMILES string of the molecule is CC1Cc2ccccc2N1CCC(=O)N1CCN(c2cccc(Cl)c2)CC1. The van der Waals surface area contributed by atoms with E-state index in [1.807, 2.05) is 23.1 Å². The summed E-state index contributed by atoms with van der Waals surface area (Å²) in [7, 11) is 0. The third-order valence-corrected chi connectivity index (χ3v) is 5.96. The van der Waals surface area contributed by atoms with Crippen molar-refractivity contribution < 1.29 is 4.79 Å². The zero-order chi connectivity index (χ0) is 18.8. The minimum absolute atomic E-state index is 0.261. The Labute approximate surface area is 166 Å². The van der Waals surface area contributed by atoms with Gasteiger partial charge in [-0.1, -0.05) is 35.9 Å². The van der Waals surface area contributed by atoms with E-state index in [0.717, 1.165) is 49.9 Å². The minimum atomic E-state index is 0.261. The highest BCUT2D eigenvalue weighted by Crippen LogP contribution is 2.31. The van der Waals surface area contributed by atoms with Gasteiger partial charge in [-0.05, 0) is 43.2 Å². The second kappa shape index (κ2) is 7.81. The van der Waals surface area contributed by atoms with Gasteiger partial charge in [0, 0.05) is 61.6 Å². The monoisotopic (exact) mass is 383 g/mol. The molecule has 0 aliphatic carbocycles. The number of carbonyl (C=O) groups excluding carboxylic acids is 1. The molecule has 2 aromatic rings. The van der Waals surface area contributed by atoms with Crippen molar-refractivity contribution in [3.63, 3.8) is 0 Å². The van der Waals surface area contributed by atoms with Crippen LogP contribution in [0.2, 0.25) is 5.02 Å². The average molecular weight is 384 g/mol. The van der Waals surface area contributed by atoms with Crippen LogP contribution in [0.5, 0.6) is 0 Å². The molecule has 0 N–H and O–H groups in total. The van der Waals surface area contributed by atoms with Crippen LogP contribution in [0.15, 0.2) is 48.5 Å². The highest BCUT2D eigenvalue weighted by atomic mass is 35.5. The van der Waals surface area contributed by atoms with E-state index in [0.29, 0.717) is 12.5 Å². The van der Waals surface area contributed by atoms with Gasteiger partial charge in [0.15, 0.2) is 0 Å². The van der Waals surface area contributed by atoms with Crippen LogP contribution < -0.4 is 9.80 Å². The predicted molar refractivity (Wildman–Crippen MR) is 112 cm³/mol. The maximum atomic E-state index is 12.7. The van der Waals surface area contributed by atoms with E-state index >= 15 is 0 Å². The number of halogens is 1. The molecule has 1 atom stereocenters. The molecule has 1 unspecified atom stereocenters. The van der Waals surface area contributed by atoms with Gasteiger partial charge in [0.25, 0.3) is 0 Å². The van der Waals surface area contributed by atoms with Crippen LogP contribution >= 0.6 is 11.6 Å². The molecular formula is C22H26ClN3O. The Kier molecular flexibility index (Phi) is 5.26. The van der Waals surface area contributed by atoms with Crippen molar-refractivity contribution in [1.82, 2.24) is 4.90 Å². The van der Waals surface area contributed by atoms with Crippen LogP contribution in [-0.2, 0) is 11.2 Å². The van der Waals surface area contributed by atoms with Crippen LogP contribution in [0.3, 0.4) is 0 Å². The maximum Gasteiger partial charge on any atom is 0.224 e. The molecule has 27 heavy (non-hydrogen) atoms. The van der Waals surface area contributed by atoms with Crippen LogP contribution in [0.1, 0.15) is 18.9 Å². The fraction of sp³-hybridized carbons (Fsp3) is 0.409. The normalized spacial score (nSPS) is 19.3. The van der Waals surface area contributed by atoms with E-state index in [4.69, 9.17) is 11.6 Å². The van der Waals surface area contributed by atoms with Crippen molar-refractivity contribution >= 4 is 28.9 Å². The fourth-order valence-corrected chi connectivity index (χ4v) is 4.42. The van der Waals surface area contributed by atoms with Crippen LogP contribution in [0, 0.1) is 0 Å². The lowest BCUT2D eigenvalue weighted by Crippen LogP contribution is -2.49. The van der Waals surface area contributed by atoms with Crippen molar-refractivity contribution in [2.24, 2.45) is 0 Å². The molecule has 4 nitrogen and oxygen atoms in total. The molecule has 5 heteroatoms. The lowest BCUT2D eigenvalue weighted by atomic mass is 10.1. The van der Waals surface area contributed by atoms with Crippen molar-refractivity contribution in [3.05, 3.63) is 59.1 Å². The number of fused-ring (bicyclic) bond motifs is 1. The second-order valence-electron chi connectivity index (χ2n) is 7.47. The lowest BCUT2D eigenvalue weighted by Gasteiger charge is -2.36. The fourth-order valence-electron chi connectivity index (χ4n) is 4.23. The number of piperazine rings is 1. The number of nitrogens with zero attached hydrogens (tertiary/aromatic N) is 3. The number of hydrogen-bond acceptors (Lipinski definition) is 3. The second-order valence-corrected chi connectivity index (χ2v) is 7.91. The topological polar surface area (TPSA) is 26.8 Å². The molecule has 4 rings (SSSR count). The summed E-state index contributed by atoms with van der Waals surface area (Å²) in [5.41, 5.74) is 3.83. The van der Waals surface area contributed by atoms with Gasteiger partial charge < -0.3 is 14.7 Å². The molecule has 0 spiro atoms. The zero-order valence-electron chi connectivity index (χ0n) is 15.8. The highest BCUT2D eigenvalue weighted by Gasteiger charge is 2.27. The Morgan fingerprint density at radius 3 is 2.63 bits per heavy atom. The Balaban J connectivity index is 1.30. The van der Waals surface area contributed by atoms with Gasteiger partial charge in [-0.25, -0.2) is 0 Å². The molecule has 2 heterocycles. The first-order valence-corrected chi connectivity index (χ1v) is 10.1. The number of hydrogen-bond donors (Lipinski definition) is 0. The van der Waals surface area contributed by atoms with Crippen molar-refractivity contribution in [2.75, 3.05) is 42.5 Å². The summed E-state index contributed by atoms with van der Waals surface area (Å²) in [5.74, 6) is 0.261. The lowest BCUT2D eigenvalue weighted by molar-refractivity contribution is -0.131. The predicted octanol–water partition coefficient (Wildman–Crippen LogP) is 3.83. The van der Waals surface area contributed by atoms with Crippen molar-refractivity contribution in [3.8, 4) is 0 Å². The molecule has 1 fully saturated rings. The number of anilines is 2. The Morgan fingerprint density at radius 2 is 1.85 bits per heavy atom. The number of para-hydroxylation sites is 1. The summed E-state index contributed by atoms with van der Waals surface area (Å²) in [6, 6.07) is 17.0. The van der Waals surface area contributed by atoms with Gasteiger partial charge in [0.05, 0.1) is 0 Å². The van der Waals surface area contributed by atoms with Gasteiger partial charge >= 0.3 is 0 Å². The molecule has 0 bridgehead atoms.